The Bertz CT molecular complexity index is 626. The molecule has 1 aliphatic rings. The lowest BCUT2D eigenvalue weighted by molar-refractivity contribution is 0.102. The number of hydrogen-bond donors (Lipinski definition) is 2. The fraction of sp³-hybridized carbons (Fsp3) is 0.231. The minimum Gasteiger partial charge on any atom is -0.312 e. The van der Waals surface area contributed by atoms with Crippen molar-refractivity contribution in [1.29, 1.82) is 0 Å². The average molecular weight is 338 g/mol. The zero-order chi connectivity index (χ0) is 13.2. The number of hydrogen-bond acceptors (Lipinski definition) is 4. The summed E-state index contributed by atoms with van der Waals surface area (Å²) in [7, 11) is 0. The molecule has 2 heterocycles. The molecule has 0 aliphatic carbocycles. The molecule has 2 N–H and O–H groups in total. The Morgan fingerprint density at radius 1 is 1.47 bits per heavy atom. The van der Waals surface area contributed by atoms with Crippen LogP contribution in [-0.2, 0) is 13.0 Å². The molecule has 0 spiro atoms. The second kappa shape index (κ2) is 5.40. The van der Waals surface area contributed by atoms with Crippen molar-refractivity contribution in [1.82, 2.24) is 10.3 Å². The van der Waals surface area contributed by atoms with Gasteiger partial charge in [-0.1, -0.05) is 23.5 Å². The summed E-state index contributed by atoms with van der Waals surface area (Å²) < 4.78 is 0.905. The van der Waals surface area contributed by atoms with Gasteiger partial charge in [-0.25, -0.2) is 4.98 Å². The van der Waals surface area contributed by atoms with Crippen LogP contribution < -0.4 is 10.6 Å². The highest BCUT2D eigenvalue weighted by Gasteiger charge is 2.17. The molecule has 98 valence electrons. The molecule has 1 aliphatic heterocycles. The van der Waals surface area contributed by atoms with Crippen LogP contribution in [0.5, 0.6) is 0 Å². The smallest absolute Gasteiger partial charge is 0.257 e. The maximum atomic E-state index is 12.3. The third kappa shape index (κ3) is 2.70. The number of anilines is 1. The van der Waals surface area contributed by atoms with Gasteiger partial charge in [-0.2, -0.15) is 0 Å². The molecule has 1 aromatic carbocycles. The third-order valence-electron chi connectivity index (χ3n) is 3.08. The fourth-order valence-electron chi connectivity index (χ4n) is 2.22. The predicted octanol–water partition coefficient (Wildman–Crippen LogP) is 2.80. The predicted molar refractivity (Wildman–Crippen MR) is 79.6 cm³/mol. The quantitative estimate of drug-likeness (QED) is 0.885. The SMILES string of the molecule is O=C(Nc1ncc(Br)s1)c1cccc2c1CCNC2. The first kappa shape index (κ1) is 12.8. The van der Waals surface area contributed by atoms with E-state index in [1.807, 2.05) is 12.1 Å². The molecule has 19 heavy (non-hydrogen) atoms. The Hall–Kier alpha value is -1.24. The number of carbonyl (C=O) groups excluding carboxylic acids is 1. The second-order valence-electron chi connectivity index (χ2n) is 4.29. The summed E-state index contributed by atoms with van der Waals surface area (Å²) >= 11 is 4.74. The van der Waals surface area contributed by atoms with Gasteiger partial charge in [-0.15, -0.1) is 0 Å². The molecule has 0 fully saturated rings. The van der Waals surface area contributed by atoms with Crippen LogP contribution in [0.3, 0.4) is 0 Å². The van der Waals surface area contributed by atoms with Crippen LogP contribution in [-0.4, -0.2) is 17.4 Å². The van der Waals surface area contributed by atoms with Crippen molar-refractivity contribution in [2.24, 2.45) is 0 Å². The summed E-state index contributed by atoms with van der Waals surface area (Å²) in [6.07, 6.45) is 2.57. The van der Waals surface area contributed by atoms with E-state index in [0.717, 1.165) is 34.4 Å². The van der Waals surface area contributed by atoms with Crippen molar-refractivity contribution in [3.05, 3.63) is 44.9 Å². The molecule has 0 unspecified atom stereocenters. The van der Waals surface area contributed by atoms with Gasteiger partial charge in [0.25, 0.3) is 5.91 Å². The van der Waals surface area contributed by atoms with Crippen molar-refractivity contribution < 1.29 is 4.79 Å². The lowest BCUT2D eigenvalue weighted by atomic mass is 9.95. The van der Waals surface area contributed by atoms with Gasteiger partial charge < -0.3 is 5.32 Å². The van der Waals surface area contributed by atoms with Gasteiger partial charge in [-0.05, 0) is 46.1 Å². The lowest BCUT2D eigenvalue weighted by Crippen LogP contribution is -2.26. The molecule has 0 radical (unpaired) electrons. The number of rotatable bonds is 2. The highest BCUT2D eigenvalue weighted by molar-refractivity contribution is 9.11. The summed E-state index contributed by atoms with van der Waals surface area (Å²) in [6, 6.07) is 5.87. The largest absolute Gasteiger partial charge is 0.312 e. The van der Waals surface area contributed by atoms with Gasteiger partial charge in [0.2, 0.25) is 0 Å². The monoisotopic (exact) mass is 337 g/mol. The highest BCUT2D eigenvalue weighted by atomic mass is 79.9. The lowest BCUT2D eigenvalue weighted by Gasteiger charge is -2.19. The number of nitrogens with zero attached hydrogens (tertiary/aromatic N) is 1. The Kier molecular flexibility index (Phi) is 3.63. The van der Waals surface area contributed by atoms with E-state index in [-0.39, 0.29) is 5.91 Å². The molecule has 1 amide bonds. The number of fused-ring (bicyclic) bond motifs is 1. The normalized spacial score (nSPS) is 13.9. The Balaban J connectivity index is 1.87. The van der Waals surface area contributed by atoms with Gasteiger partial charge in [-0.3, -0.25) is 10.1 Å². The average Bonchev–Trinajstić information content (AvgIpc) is 2.83. The van der Waals surface area contributed by atoms with Gasteiger partial charge in [0.05, 0.1) is 9.98 Å². The molecule has 0 saturated heterocycles. The number of thiazole rings is 1. The minimum atomic E-state index is -0.0828. The molecule has 1 aromatic heterocycles. The standard InChI is InChI=1S/C13H12BrN3OS/c14-11-7-16-13(19-11)17-12(18)10-3-1-2-8-6-15-5-4-9(8)10/h1-3,7,15H,4-6H2,(H,16,17,18). The summed E-state index contributed by atoms with van der Waals surface area (Å²) in [5, 5.41) is 6.77. The van der Waals surface area contributed by atoms with Crippen LogP contribution in [0.1, 0.15) is 21.5 Å². The van der Waals surface area contributed by atoms with Crippen LogP contribution in [0.25, 0.3) is 0 Å². The van der Waals surface area contributed by atoms with E-state index < -0.39 is 0 Å². The van der Waals surface area contributed by atoms with Gasteiger partial charge in [0.1, 0.15) is 0 Å². The maximum Gasteiger partial charge on any atom is 0.257 e. The van der Waals surface area contributed by atoms with Crippen molar-refractivity contribution in [3.8, 4) is 0 Å². The first-order valence-electron chi connectivity index (χ1n) is 5.98. The van der Waals surface area contributed by atoms with Gasteiger partial charge in [0, 0.05) is 12.1 Å². The Morgan fingerprint density at radius 2 is 2.37 bits per heavy atom. The number of amides is 1. The van der Waals surface area contributed by atoms with Crippen molar-refractivity contribution in [3.63, 3.8) is 0 Å². The van der Waals surface area contributed by atoms with Crippen LogP contribution in [0.15, 0.2) is 28.2 Å². The van der Waals surface area contributed by atoms with Crippen molar-refractivity contribution in [2.45, 2.75) is 13.0 Å². The summed E-state index contributed by atoms with van der Waals surface area (Å²) in [5.74, 6) is -0.0828. The van der Waals surface area contributed by atoms with Crippen LogP contribution in [0.4, 0.5) is 5.13 Å². The van der Waals surface area contributed by atoms with E-state index in [4.69, 9.17) is 0 Å². The number of halogens is 1. The fourth-order valence-corrected chi connectivity index (χ4v) is 3.32. The van der Waals surface area contributed by atoms with Gasteiger partial charge >= 0.3 is 0 Å². The topological polar surface area (TPSA) is 54.0 Å². The van der Waals surface area contributed by atoms with Gasteiger partial charge in [0.15, 0.2) is 5.13 Å². The van der Waals surface area contributed by atoms with E-state index in [2.05, 4.69) is 37.6 Å². The Labute approximate surface area is 123 Å². The number of carbonyl (C=O) groups is 1. The van der Waals surface area contributed by atoms with Crippen molar-refractivity contribution >= 4 is 38.3 Å². The molecule has 0 saturated carbocycles. The first-order valence-corrected chi connectivity index (χ1v) is 7.59. The first-order chi connectivity index (χ1) is 9.24. The summed E-state index contributed by atoms with van der Waals surface area (Å²) in [6.45, 7) is 1.75. The van der Waals surface area contributed by atoms with Crippen LogP contribution >= 0.6 is 27.3 Å². The van der Waals surface area contributed by atoms with E-state index in [9.17, 15) is 4.79 Å². The highest BCUT2D eigenvalue weighted by Crippen LogP contribution is 2.25. The molecule has 3 rings (SSSR count). The minimum absolute atomic E-state index is 0.0828. The molecule has 0 bridgehead atoms. The van der Waals surface area contributed by atoms with Crippen LogP contribution in [0.2, 0.25) is 0 Å². The second-order valence-corrected chi connectivity index (χ2v) is 6.70. The molecule has 6 heteroatoms. The van der Waals surface area contributed by atoms with E-state index >= 15 is 0 Å². The summed E-state index contributed by atoms with van der Waals surface area (Å²) in [4.78, 5) is 16.4. The number of benzene rings is 1. The molecular weight excluding hydrogens is 326 g/mol. The zero-order valence-corrected chi connectivity index (χ0v) is 12.5. The molecule has 0 atom stereocenters. The van der Waals surface area contributed by atoms with Crippen molar-refractivity contribution in [2.75, 3.05) is 11.9 Å². The third-order valence-corrected chi connectivity index (χ3v) is 4.47. The Morgan fingerprint density at radius 3 is 3.16 bits per heavy atom. The molecule has 4 nitrogen and oxygen atoms in total. The van der Waals surface area contributed by atoms with E-state index in [0.29, 0.717) is 5.13 Å². The molecular formula is C13H12BrN3OS. The number of aromatic nitrogens is 1. The summed E-state index contributed by atoms with van der Waals surface area (Å²) in [5.41, 5.74) is 3.11. The van der Waals surface area contributed by atoms with Crippen LogP contribution in [0, 0.1) is 0 Å². The van der Waals surface area contributed by atoms with E-state index in [1.54, 1.807) is 6.20 Å². The zero-order valence-electron chi connectivity index (χ0n) is 10.1. The number of nitrogens with one attached hydrogen (secondary N) is 2. The molecule has 2 aromatic rings. The van der Waals surface area contributed by atoms with E-state index in [1.165, 1.54) is 16.9 Å². The maximum absolute atomic E-state index is 12.3.